The van der Waals surface area contributed by atoms with Gasteiger partial charge < -0.3 is 13.9 Å². The van der Waals surface area contributed by atoms with E-state index in [0.29, 0.717) is 17.9 Å². The van der Waals surface area contributed by atoms with Crippen LogP contribution in [-0.4, -0.2) is 43.3 Å². The predicted octanol–water partition coefficient (Wildman–Crippen LogP) is 4.28. The molecular weight excluding hydrogens is 411 g/mol. The highest BCUT2D eigenvalue weighted by atomic mass is 19.1. The van der Waals surface area contributed by atoms with E-state index in [2.05, 4.69) is 17.0 Å². The van der Waals surface area contributed by atoms with Crippen LogP contribution in [0.15, 0.2) is 24.7 Å². The van der Waals surface area contributed by atoms with Gasteiger partial charge in [0, 0.05) is 42.0 Å². The predicted molar refractivity (Wildman–Crippen MR) is 117 cm³/mol. The van der Waals surface area contributed by atoms with Gasteiger partial charge in [-0.05, 0) is 53.5 Å². The van der Waals surface area contributed by atoms with E-state index in [-0.39, 0.29) is 46.8 Å². The Labute approximate surface area is 186 Å². The Kier molecular flexibility index (Phi) is 4.71. The van der Waals surface area contributed by atoms with Crippen molar-refractivity contribution >= 4 is 11.4 Å². The van der Waals surface area contributed by atoms with Crippen molar-refractivity contribution in [1.82, 2.24) is 19.2 Å². The Morgan fingerprint density at radius 2 is 2.03 bits per heavy atom. The van der Waals surface area contributed by atoms with Gasteiger partial charge in [0.25, 0.3) is 0 Å². The van der Waals surface area contributed by atoms with Crippen LogP contribution in [0.4, 0.5) is 4.39 Å². The molecule has 2 saturated heterocycles. The van der Waals surface area contributed by atoms with Crippen molar-refractivity contribution < 1.29 is 18.7 Å². The summed E-state index contributed by atoms with van der Waals surface area (Å²) in [5.74, 6) is -0.644. The standard InChI is InChI=1S/C24H29FN4O3/c1-14(2)29-7-6-17(27-29)18(30)8-16-9-28-10-19(24-11-23(5,12-24)31-13-24)26-22(28)20(25)21(16)32-15(3)4/h6-7,9-10,14-15H,8,11-13H2,1-5H3. The highest BCUT2D eigenvalue weighted by Gasteiger charge is 2.61. The second-order valence-corrected chi connectivity index (χ2v) is 10.1. The summed E-state index contributed by atoms with van der Waals surface area (Å²) in [4.78, 5) is 17.6. The van der Waals surface area contributed by atoms with Crippen LogP contribution < -0.4 is 4.74 Å². The van der Waals surface area contributed by atoms with E-state index < -0.39 is 5.82 Å². The van der Waals surface area contributed by atoms with E-state index in [4.69, 9.17) is 9.47 Å². The van der Waals surface area contributed by atoms with Crippen molar-refractivity contribution in [2.24, 2.45) is 0 Å². The molecule has 1 saturated carbocycles. The van der Waals surface area contributed by atoms with Gasteiger partial charge in [0.15, 0.2) is 17.2 Å². The summed E-state index contributed by atoms with van der Waals surface area (Å²) in [5.41, 5.74) is 1.65. The molecule has 3 aliphatic rings. The Morgan fingerprint density at radius 3 is 2.62 bits per heavy atom. The van der Waals surface area contributed by atoms with Crippen LogP contribution in [-0.2, 0) is 16.6 Å². The van der Waals surface area contributed by atoms with Crippen molar-refractivity contribution in [3.8, 4) is 5.75 Å². The molecule has 3 aromatic rings. The highest BCUT2D eigenvalue weighted by molar-refractivity contribution is 5.96. The molecule has 7 nitrogen and oxygen atoms in total. The van der Waals surface area contributed by atoms with Gasteiger partial charge in [-0.15, -0.1) is 0 Å². The number of nitrogens with zero attached hydrogens (tertiary/aromatic N) is 4. The van der Waals surface area contributed by atoms with Gasteiger partial charge in [-0.25, -0.2) is 4.98 Å². The van der Waals surface area contributed by atoms with Crippen LogP contribution >= 0.6 is 0 Å². The van der Waals surface area contributed by atoms with Crippen LogP contribution in [0.25, 0.3) is 5.65 Å². The first-order valence-corrected chi connectivity index (χ1v) is 11.2. The zero-order chi connectivity index (χ0) is 22.8. The molecule has 2 bridgehead atoms. The van der Waals surface area contributed by atoms with Crippen LogP contribution in [0.5, 0.6) is 5.75 Å². The largest absolute Gasteiger partial charge is 0.487 e. The van der Waals surface area contributed by atoms with Crippen molar-refractivity contribution in [2.75, 3.05) is 6.61 Å². The molecule has 6 rings (SSSR count). The minimum absolute atomic E-state index is 0.0101. The number of carbonyl (C=O) groups is 1. The molecular formula is C24H29FN4O3. The average Bonchev–Trinajstić information content (AvgIpc) is 3.45. The fourth-order valence-corrected chi connectivity index (χ4v) is 5.06. The number of carbonyl (C=O) groups excluding carboxylic acids is 1. The number of halogens is 1. The van der Waals surface area contributed by atoms with Crippen LogP contribution in [0.3, 0.4) is 0 Å². The fraction of sp³-hybridized carbons (Fsp3) is 0.542. The first kappa shape index (κ1) is 21.1. The third-order valence-electron chi connectivity index (χ3n) is 6.51. The van der Waals surface area contributed by atoms with Crippen molar-refractivity contribution in [3.05, 3.63) is 47.4 Å². The van der Waals surface area contributed by atoms with Gasteiger partial charge in [-0.3, -0.25) is 9.48 Å². The average molecular weight is 441 g/mol. The lowest BCUT2D eigenvalue weighted by molar-refractivity contribution is 0.0154. The maximum absolute atomic E-state index is 15.6. The molecule has 3 aromatic heterocycles. The molecule has 0 radical (unpaired) electrons. The Bertz CT molecular complexity index is 1200. The zero-order valence-electron chi connectivity index (χ0n) is 19.2. The minimum Gasteiger partial charge on any atom is -0.487 e. The van der Waals surface area contributed by atoms with Gasteiger partial charge in [-0.1, -0.05) is 0 Å². The number of pyridine rings is 1. The number of hydrogen-bond donors (Lipinski definition) is 0. The van der Waals surface area contributed by atoms with Crippen LogP contribution in [0.2, 0.25) is 0 Å². The molecule has 0 unspecified atom stereocenters. The van der Waals surface area contributed by atoms with Crippen molar-refractivity contribution in [1.29, 1.82) is 0 Å². The number of fused-ring (bicyclic) bond motifs is 2. The Balaban J connectivity index is 1.52. The third kappa shape index (κ3) is 3.32. The molecule has 0 spiro atoms. The summed E-state index contributed by atoms with van der Waals surface area (Å²) >= 11 is 0. The maximum atomic E-state index is 15.6. The molecule has 0 N–H and O–H groups in total. The van der Waals surface area contributed by atoms with Gasteiger partial charge in [0.1, 0.15) is 5.69 Å². The van der Waals surface area contributed by atoms with E-state index in [1.54, 1.807) is 27.5 Å². The second-order valence-electron chi connectivity index (χ2n) is 10.1. The summed E-state index contributed by atoms with van der Waals surface area (Å²) in [6.45, 7) is 10.4. The lowest BCUT2D eigenvalue weighted by atomic mass is 9.62. The SMILES string of the molecule is CC(C)Oc1c(CC(=O)c2ccn(C(C)C)n2)cn2cc(C34COC(C)(C3)C4)nc2c1F. The van der Waals surface area contributed by atoms with E-state index in [1.165, 1.54) is 0 Å². The lowest BCUT2D eigenvalue weighted by Gasteiger charge is -2.41. The lowest BCUT2D eigenvalue weighted by Crippen LogP contribution is -2.45. The Hall–Kier alpha value is -2.74. The molecule has 0 aromatic carbocycles. The van der Waals surface area contributed by atoms with Crippen molar-refractivity contribution in [3.63, 3.8) is 0 Å². The number of rotatable bonds is 7. The quantitative estimate of drug-likeness (QED) is 0.513. The molecule has 32 heavy (non-hydrogen) atoms. The first-order chi connectivity index (χ1) is 15.1. The summed E-state index contributed by atoms with van der Waals surface area (Å²) in [6.07, 6.45) is 6.94. The normalized spacial score (nSPS) is 24.5. The number of Topliss-reactive ketones (excluding diaryl/α,β-unsaturated/α-hetero) is 1. The first-order valence-electron chi connectivity index (χ1n) is 11.2. The van der Waals surface area contributed by atoms with Crippen LogP contribution in [0.1, 0.15) is 75.2 Å². The molecule has 5 heterocycles. The van der Waals surface area contributed by atoms with Gasteiger partial charge >= 0.3 is 0 Å². The monoisotopic (exact) mass is 440 g/mol. The number of ether oxygens (including phenoxy) is 2. The minimum atomic E-state index is -0.541. The molecule has 1 aliphatic carbocycles. The molecule has 2 aliphatic heterocycles. The van der Waals surface area contributed by atoms with Crippen molar-refractivity contribution in [2.45, 2.75) is 77.0 Å². The summed E-state index contributed by atoms with van der Waals surface area (Å²) in [5, 5.41) is 4.36. The second kappa shape index (κ2) is 7.13. The van der Waals surface area contributed by atoms with Gasteiger partial charge in [-0.2, -0.15) is 9.49 Å². The summed E-state index contributed by atoms with van der Waals surface area (Å²) in [7, 11) is 0. The molecule has 0 amide bonds. The Morgan fingerprint density at radius 1 is 1.28 bits per heavy atom. The zero-order valence-corrected chi connectivity index (χ0v) is 19.2. The molecule has 8 heteroatoms. The number of hydrogen-bond acceptors (Lipinski definition) is 5. The molecule has 170 valence electrons. The number of aromatic nitrogens is 4. The third-order valence-corrected chi connectivity index (χ3v) is 6.51. The number of imidazole rings is 1. The van der Waals surface area contributed by atoms with E-state index in [9.17, 15) is 4.79 Å². The van der Waals surface area contributed by atoms with E-state index in [1.807, 2.05) is 33.9 Å². The van der Waals surface area contributed by atoms with E-state index in [0.717, 1.165) is 18.5 Å². The smallest absolute Gasteiger partial charge is 0.208 e. The topological polar surface area (TPSA) is 70.7 Å². The molecule has 0 atom stereocenters. The fourth-order valence-electron chi connectivity index (χ4n) is 5.06. The molecule has 3 fully saturated rings. The van der Waals surface area contributed by atoms with E-state index >= 15 is 4.39 Å². The van der Waals surface area contributed by atoms with Gasteiger partial charge in [0.05, 0.1) is 24.0 Å². The summed E-state index contributed by atoms with van der Waals surface area (Å²) < 4.78 is 30.7. The van der Waals surface area contributed by atoms with Gasteiger partial charge in [0.2, 0.25) is 5.82 Å². The van der Waals surface area contributed by atoms with Crippen LogP contribution in [0, 0.1) is 5.82 Å². The highest BCUT2D eigenvalue weighted by Crippen LogP contribution is 2.58. The summed E-state index contributed by atoms with van der Waals surface area (Å²) in [6, 6.07) is 1.85. The number of ketones is 1. The maximum Gasteiger partial charge on any atom is 0.208 e.